The Hall–Kier alpha value is -3.23. The smallest absolute Gasteiger partial charge is 0.148 e. The molecular formula is C25H19BF. The van der Waals surface area contributed by atoms with Gasteiger partial charge in [0, 0.05) is 16.7 Å². The van der Waals surface area contributed by atoms with Gasteiger partial charge in [-0.05, 0) is 67.4 Å². The number of halogens is 1. The standard InChI is InChI=1S/C25H19BF/c1-18-4-11-23(25(27)16-18)13-10-21-7-5-20(6-8-21)9-12-22-14-15-24(26-3)17-19(22)2/h4-8,11,14-17H,1-3H3. The third kappa shape index (κ3) is 4.90. The number of hydrogen-bond donors (Lipinski definition) is 0. The molecule has 2 heteroatoms. The van der Waals surface area contributed by atoms with E-state index in [9.17, 15) is 4.39 Å². The Balaban J connectivity index is 1.76. The van der Waals surface area contributed by atoms with Crippen LogP contribution in [0.25, 0.3) is 0 Å². The quantitative estimate of drug-likeness (QED) is 0.444. The van der Waals surface area contributed by atoms with Gasteiger partial charge in [-0.2, -0.15) is 0 Å². The third-order valence-electron chi connectivity index (χ3n) is 4.28. The van der Waals surface area contributed by atoms with Gasteiger partial charge in [0.1, 0.15) is 13.1 Å². The van der Waals surface area contributed by atoms with Gasteiger partial charge in [-0.25, -0.2) is 4.39 Å². The van der Waals surface area contributed by atoms with Crippen LogP contribution in [0, 0.1) is 43.3 Å². The molecule has 129 valence electrons. The number of benzene rings is 3. The van der Waals surface area contributed by atoms with Gasteiger partial charge >= 0.3 is 0 Å². The Morgan fingerprint density at radius 1 is 0.704 bits per heavy atom. The molecule has 0 saturated carbocycles. The molecule has 0 aliphatic heterocycles. The zero-order valence-corrected chi connectivity index (χ0v) is 15.7. The summed E-state index contributed by atoms with van der Waals surface area (Å²) in [7, 11) is 2.08. The van der Waals surface area contributed by atoms with Crippen LogP contribution >= 0.6 is 0 Å². The molecule has 0 saturated heterocycles. The summed E-state index contributed by atoms with van der Waals surface area (Å²) in [6.45, 7) is 5.95. The molecule has 0 amide bonds. The normalized spacial score (nSPS) is 9.63. The van der Waals surface area contributed by atoms with E-state index >= 15 is 0 Å². The molecule has 0 fully saturated rings. The minimum absolute atomic E-state index is 0.285. The summed E-state index contributed by atoms with van der Waals surface area (Å²) in [4.78, 5) is 0. The van der Waals surface area contributed by atoms with E-state index in [1.54, 1.807) is 6.07 Å². The Kier molecular flexibility index (Phi) is 5.80. The highest BCUT2D eigenvalue weighted by Gasteiger charge is 1.99. The second kappa shape index (κ2) is 8.44. The van der Waals surface area contributed by atoms with Gasteiger partial charge in [0.25, 0.3) is 0 Å². The van der Waals surface area contributed by atoms with Crippen LogP contribution < -0.4 is 5.46 Å². The maximum absolute atomic E-state index is 13.8. The molecule has 3 aromatic carbocycles. The van der Waals surface area contributed by atoms with Gasteiger partial charge in [0.2, 0.25) is 0 Å². The molecule has 3 aromatic rings. The second-order valence-electron chi connectivity index (χ2n) is 6.42. The first-order valence-corrected chi connectivity index (χ1v) is 8.85. The van der Waals surface area contributed by atoms with Crippen molar-refractivity contribution in [3.63, 3.8) is 0 Å². The average Bonchev–Trinajstić information content (AvgIpc) is 2.67. The number of aryl methyl sites for hydroxylation is 2. The molecule has 0 nitrogen and oxygen atoms in total. The van der Waals surface area contributed by atoms with E-state index in [0.717, 1.165) is 22.3 Å². The Labute approximate surface area is 161 Å². The largest absolute Gasteiger partial charge is 0.206 e. The van der Waals surface area contributed by atoms with Gasteiger partial charge in [0.15, 0.2) is 0 Å². The minimum Gasteiger partial charge on any atom is -0.206 e. The van der Waals surface area contributed by atoms with Crippen LogP contribution in [0.1, 0.15) is 33.4 Å². The fourth-order valence-electron chi connectivity index (χ4n) is 2.64. The minimum atomic E-state index is -0.285. The van der Waals surface area contributed by atoms with Crippen molar-refractivity contribution in [2.45, 2.75) is 20.7 Å². The van der Waals surface area contributed by atoms with E-state index in [2.05, 4.69) is 50.0 Å². The number of hydrogen-bond acceptors (Lipinski definition) is 0. The van der Waals surface area contributed by atoms with E-state index in [0.29, 0.717) is 5.56 Å². The third-order valence-corrected chi connectivity index (χ3v) is 4.28. The molecule has 0 heterocycles. The van der Waals surface area contributed by atoms with Crippen molar-refractivity contribution in [3.05, 3.63) is 99.9 Å². The molecule has 1 radical (unpaired) electrons. The van der Waals surface area contributed by atoms with E-state index in [-0.39, 0.29) is 5.82 Å². The summed E-state index contributed by atoms with van der Waals surface area (Å²) < 4.78 is 13.8. The first-order valence-electron chi connectivity index (χ1n) is 8.85. The van der Waals surface area contributed by atoms with Crippen LogP contribution in [0.15, 0.2) is 60.7 Å². The molecule has 0 aliphatic rings. The summed E-state index contributed by atoms with van der Waals surface area (Å²) in [5.41, 5.74) is 6.45. The Morgan fingerprint density at radius 2 is 1.30 bits per heavy atom. The highest BCUT2D eigenvalue weighted by atomic mass is 19.1. The highest BCUT2D eigenvalue weighted by Crippen LogP contribution is 2.09. The Morgan fingerprint density at radius 3 is 1.85 bits per heavy atom. The van der Waals surface area contributed by atoms with Crippen LogP contribution in [0.4, 0.5) is 4.39 Å². The van der Waals surface area contributed by atoms with Gasteiger partial charge in [-0.1, -0.05) is 54.2 Å². The van der Waals surface area contributed by atoms with Crippen molar-refractivity contribution < 1.29 is 4.39 Å². The molecule has 0 N–H and O–H groups in total. The molecule has 3 rings (SSSR count). The van der Waals surface area contributed by atoms with Crippen LogP contribution in [-0.2, 0) is 0 Å². The lowest BCUT2D eigenvalue weighted by Crippen LogP contribution is -2.10. The second-order valence-corrected chi connectivity index (χ2v) is 6.42. The van der Waals surface area contributed by atoms with Crippen molar-refractivity contribution >= 4 is 12.7 Å². The molecule has 0 spiro atoms. The molecule has 0 aliphatic carbocycles. The highest BCUT2D eigenvalue weighted by molar-refractivity contribution is 6.51. The summed E-state index contributed by atoms with van der Waals surface area (Å²) in [6.07, 6.45) is 0. The summed E-state index contributed by atoms with van der Waals surface area (Å²) in [5, 5.41) is 0. The lowest BCUT2D eigenvalue weighted by atomic mass is 9.72. The predicted molar refractivity (Wildman–Crippen MR) is 112 cm³/mol. The van der Waals surface area contributed by atoms with Crippen LogP contribution in [0.2, 0.25) is 6.82 Å². The van der Waals surface area contributed by atoms with Gasteiger partial charge < -0.3 is 0 Å². The van der Waals surface area contributed by atoms with E-state index < -0.39 is 0 Å². The SMILES string of the molecule is C[B]c1ccc(C#Cc2ccc(C#Cc3ccc(C)cc3F)cc2)c(C)c1. The molecule has 0 atom stereocenters. The maximum atomic E-state index is 13.8. The van der Waals surface area contributed by atoms with Crippen molar-refractivity contribution in [3.8, 4) is 23.7 Å². The lowest BCUT2D eigenvalue weighted by Gasteiger charge is -2.01. The fourth-order valence-corrected chi connectivity index (χ4v) is 2.64. The molecule has 0 unspecified atom stereocenters. The maximum Gasteiger partial charge on any atom is 0.148 e. The van der Waals surface area contributed by atoms with Crippen LogP contribution in [0.3, 0.4) is 0 Å². The van der Waals surface area contributed by atoms with Crippen molar-refractivity contribution in [2.24, 2.45) is 0 Å². The molecular weight excluding hydrogens is 330 g/mol. The van der Waals surface area contributed by atoms with Crippen LogP contribution in [-0.4, -0.2) is 7.28 Å². The number of rotatable bonds is 1. The van der Waals surface area contributed by atoms with Gasteiger partial charge in [0.05, 0.1) is 5.56 Å². The van der Waals surface area contributed by atoms with E-state index in [1.165, 1.54) is 17.1 Å². The average molecular weight is 349 g/mol. The Bertz CT molecular complexity index is 1090. The van der Waals surface area contributed by atoms with Crippen LogP contribution in [0.5, 0.6) is 0 Å². The van der Waals surface area contributed by atoms with E-state index in [4.69, 9.17) is 0 Å². The molecule has 27 heavy (non-hydrogen) atoms. The van der Waals surface area contributed by atoms with Gasteiger partial charge in [-0.3, -0.25) is 0 Å². The van der Waals surface area contributed by atoms with E-state index in [1.807, 2.05) is 50.1 Å². The van der Waals surface area contributed by atoms with Crippen molar-refractivity contribution in [1.82, 2.24) is 0 Å². The van der Waals surface area contributed by atoms with Crippen molar-refractivity contribution in [1.29, 1.82) is 0 Å². The van der Waals surface area contributed by atoms with Gasteiger partial charge in [-0.15, -0.1) is 0 Å². The summed E-state index contributed by atoms with van der Waals surface area (Å²) in [5.74, 6) is 12.0. The zero-order valence-electron chi connectivity index (χ0n) is 15.7. The first-order chi connectivity index (χ1) is 13.0. The topological polar surface area (TPSA) is 0 Å². The monoisotopic (exact) mass is 349 g/mol. The summed E-state index contributed by atoms with van der Waals surface area (Å²) in [6, 6.07) is 19.0. The lowest BCUT2D eigenvalue weighted by molar-refractivity contribution is 0.623. The molecule has 0 aromatic heterocycles. The molecule has 0 bridgehead atoms. The first kappa shape index (κ1) is 18.6. The predicted octanol–water partition coefficient (Wildman–Crippen LogP) is 4.62. The summed E-state index contributed by atoms with van der Waals surface area (Å²) >= 11 is 0. The fraction of sp³-hybridized carbons (Fsp3) is 0.120. The van der Waals surface area contributed by atoms with Crippen molar-refractivity contribution in [2.75, 3.05) is 0 Å². The zero-order chi connectivity index (χ0) is 19.2.